The number of fused-ring (bicyclic) bond motifs is 1. The predicted molar refractivity (Wildman–Crippen MR) is 151 cm³/mol. The summed E-state index contributed by atoms with van der Waals surface area (Å²) < 4.78 is 34.6. The van der Waals surface area contributed by atoms with E-state index in [1.807, 2.05) is 42.5 Å². The Balaban J connectivity index is 1.48. The van der Waals surface area contributed by atoms with Crippen molar-refractivity contribution in [3.63, 3.8) is 0 Å². The molecule has 0 saturated carbocycles. The van der Waals surface area contributed by atoms with Crippen molar-refractivity contribution in [3.05, 3.63) is 97.0 Å². The third-order valence-corrected chi connectivity index (χ3v) is 7.49. The molecule has 198 valence electrons. The van der Waals surface area contributed by atoms with E-state index in [-0.39, 0.29) is 22.0 Å². The summed E-state index contributed by atoms with van der Waals surface area (Å²) in [6, 6.07) is 21.3. The molecular weight excluding hydrogens is 514 g/mol. The molecule has 0 unspecified atom stereocenters. The molecule has 0 spiro atoms. The first-order valence-corrected chi connectivity index (χ1v) is 13.7. The van der Waals surface area contributed by atoms with E-state index < -0.39 is 16.1 Å². The molecule has 10 heteroatoms. The monoisotopic (exact) mass is 541 g/mol. The van der Waals surface area contributed by atoms with Gasteiger partial charge in [0, 0.05) is 29.0 Å². The fourth-order valence-corrected chi connectivity index (χ4v) is 5.18. The van der Waals surface area contributed by atoms with Crippen molar-refractivity contribution in [3.8, 4) is 17.0 Å². The fraction of sp³-hybridized carbons (Fsp3) is 0.138. The molecule has 0 bridgehead atoms. The Kier molecular flexibility index (Phi) is 6.80. The van der Waals surface area contributed by atoms with Gasteiger partial charge in [-0.3, -0.25) is 15.0 Å². The Morgan fingerprint density at radius 2 is 1.69 bits per heavy atom. The van der Waals surface area contributed by atoms with Crippen molar-refractivity contribution in [2.45, 2.75) is 31.1 Å². The highest BCUT2D eigenvalue weighted by Gasteiger charge is 2.21. The zero-order valence-electron chi connectivity index (χ0n) is 21.6. The lowest BCUT2D eigenvalue weighted by molar-refractivity contribution is 0.214. The van der Waals surface area contributed by atoms with Crippen LogP contribution in [-0.4, -0.2) is 29.5 Å². The quantitative estimate of drug-likeness (QED) is 0.230. The molecule has 5 aromatic rings. The van der Waals surface area contributed by atoms with Gasteiger partial charge in [0.2, 0.25) is 5.88 Å². The smallest absolute Gasteiger partial charge is 0.392 e. The second kappa shape index (κ2) is 10.2. The molecule has 0 atom stereocenters. The van der Waals surface area contributed by atoms with Crippen LogP contribution in [0.5, 0.6) is 5.88 Å². The molecule has 0 radical (unpaired) electrons. The highest BCUT2D eigenvalue weighted by atomic mass is 32.2. The highest BCUT2D eigenvalue weighted by molar-refractivity contribution is 7.92. The van der Waals surface area contributed by atoms with Gasteiger partial charge < -0.3 is 9.72 Å². The van der Waals surface area contributed by atoms with E-state index in [4.69, 9.17) is 4.74 Å². The van der Waals surface area contributed by atoms with Crippen LogP contribution in [0.15, 0.2) is 96.3 Å². The van der Waals surface area contributed by atoms with E-state index >= 15 is 0 Å². The van der Waals surface area contributed by atoms with Gasteiger partial charge in [0.1, 0.15) is 0 Å². The standard InChI is InChI=1S/C29H27N5O4S/c1-29(2,3)20-9-12-22(13-10-20)39(36,37)34-21-11-14-24-23(17-21)26(19-7-5-4-6-8-19)27(32-24)38-28(35)33-25-18-30-15-16-31-25/h4-18,32,34H,1-3H3,(H,31,33,35). The molecule has 2 heterocycles. The van der Waals surface area contributed by atoms with Crippen LogP contribution in [-0.2, 0) is 15.4 Å². The predicted octanol–water partition coefficient (Wildman–Crippen LogP) is 6.33. The number of carbonyl (C=O) groups excluding carboxylic acids is 1. The fourth-order valence-electron chi connectivity index (χ4n) is 4.13. The number of hydrogen-bond donors (Lipinski definition) is 3. The molecule has 2 aromatic heterocycles. The van der Waals surface area contributed by atoms with E-state index in [0.717, 1.165) is 11.1 Å². The molecule has 0 fully saturated rings. The maximum Gasteiger partial charge on any atom is 0.419 e. The van der Waals surface area contributed by atoms with Gasteiger partial charge in [0.15, 0.2) is 5.82 Å². The molecule has 1 amide bonds. The maximum atomic E-state index is 13.2. The Morgan fingerprint density at radius 3 is 2.36 bits per heavy atom. The number of hydrogen-bond acceptors (Lipinski definition) is 6. The van der Waals surface area contributed by atoms with Crippen molar-refractivity contribution in [1.29, 1.82) is 0 Å². The Morgan fingerprint density at radius 1 is 0.949 bits per heavy atom. The summed E-state index contributed by atoms with van der Waals surface area (Å²) in [4.78, 5) is 23.9. The van der Waals surface area contributed by atoms with Crippen molar-refractivity contribution >= 4 is 38.5 Å². The SMILES string of the molecule is CC(C)(C)c1ccc(S(=O)(=O)Nc2ccc3[nH]c(OC(=O)Nc4cnccn4)c(-c4ccccc4)c3c2)cc1. The minimum atomic E-state index is -3.84. The molecule has 5 rings (SSSR count). The van der Waals surface area contributed by atoms with Gasteiger partial charge in [-0.1, -0.05) is 63.2 Å². The molecule has 0 saturated heterocycles. The van der Waals surface area contributed by atoms with Crippen LogP contribution in [0, 0.1) is 0 Å². The number of nitrogens with zero attached hydrogens (tertiary/aromatic N) is 2. The number of benzene rings is 3. The van der Waals surface area contributed by atoms with Gasteiger partial charge in [0.25, 0.3) is 10.0 Å². The lowest BCUT2D eigenvalue weighted by Crippen LogP contribution is -2.18. The second-order valence-electron chi connectivity index (χ2n) is 9.94. The van der Waals surface area contributed by atoms with E-state index in [1.165, 1.54) is 18.6 Å². The number of aromatic amines is 1. The number of rotatable bonds is 6. The van der Waals surface area contributed by atoms with Gasteiger partial charge in [-0.25, -0.2) is 18.2 Å². The van der Waals surface area contributed by atoms with Crippen LogP contribution in [0.1, 0.15) is 26.3 Å². The summed E-state index contributed by atoms with van der Waals surface area (Å²) in [7, 11) is -3.84. The third-order valence-electron chi connectivity index (χ3n) is 6.10. The number of nitrogens with one attached hydrogen (secondary N) is 3. The summed E-state index contributed by atoms with van der Waals surface area (Å²) in [6.45, 7) is 6.22. The van der Waals surface area contributed by atoms with E-state index in [9.17, 15) is 13.2 Å². The number of carbonyl (C=O) groups is 1. The lowest BCUT2D eigenvalue weighted by Gasteiger charge is -2.19. The van der Waals surface area contributed by atoms with E-state index in [2.05, 4.69) is 45.8 Å². The number of ether oxygens (including phenoxy) is 1. The molecule has 0 aliphatic rings. The second-order valence-corrected chi connectivity index (χ2v) is 11.6. The normalized spacial score (nSPS) is 11.8. The van der Waals surface area contributed by atoms with Gasteiger partial charge >= 0.3 is 6.09 Å². The number of sulfonamides is 1. The number of aromatic nitrogens is 3. The third kappa shape index (κ3) is 5.75. The van der Waals surface area contributed by atoms with Crippen molar-refractivity contribution in [1.82, 2.24) is 15.0 Å². The molecule has 3 aromatic carbocycles. The number of anilines is 2. The Hall–Kier alpha value is -4.70. The maximum absolute atomic E-state index is 13.2. The van der Waals surface area contributed by atoms with Crippen molar-refractivity contribution in [2.24, 2.45) is 0 Å². The first-order chi connectivity index (χ1) is 18.6. The van der Waals surface area contributed by atoms with Crippen LogP contribution < -0.4 is 14.8 Å². The topological polar surface area (TPSA) is 126 Å². The van der Waals surface area contributed by atoms with E-state index in [1.54, 1.807) is 30.3 Å². The average Bonchev–Trinajstić information content (AvgIpc) is 3.26. The molecule has 3 N–H and O–H groups in total. The summed E-state index contributed by atoms with van der Waals surface area (Å²) in [5.41, 5.74) is 3.37. The molecule has 9 nitrogen and oxygen atoms in total. The van der Waals surface area contributed by atoms with Crippen LogP contribution >= 0.6 is 0 Å². The van der Waals surface area contributed by atoms with Gasteiger partial charge in [-0.2, -0.15) is 0 Å². The summed E-state index contributed by atoms with van der Waals surface area (Å²) >= 11 is 0. The minimum absolute atomic E-state index is 0.0892. The zero-order chi connectivity index (χ0) is 27.6. The van der Waals surface area contributed by atoms with Crippen molar-refractivity contribution in [2.75, 3.05) is 10.0 Å². The summed E-state index contributed by atoms with van der Waals surface area (Å²) in [6.07, 6.45) is 3.60. The Labute approximate surface area is 226 Å². The summed E-state index contributed by atoms with van der Waals surface area (Å²) in [5, 5.41) is 3.21. The molecule has 39 heavy (non-hydrogen) atoms. The van der Waals surface area contributed by atoms with E-state index in [0.29, 0.717) is 22.2 Å². The first kappa shape index (κ1) is 25.9. The van der Waals surface area contributed by atoms with Crippen LogP contribution in [0.2, 0.25) is 0 Å². The van der Waals surface area contributed by atoms with Crippen LogP contribution in [0.3, 0.4) is 0 Å². The van der Waals surface area contributed by atoms with Gasteiger partial charge in [-0.05, 0) is 46.9 Å². The van der Waals surface area contributed by atoms with Gasteiger partial charge in [0.05, 0.1) is 16.7 Å². The average molecular weight is 542 g/mol. The molecule has 0 aliphatic heterocycles. The van der Waals surface area contributed by atoms with Crippen LogP contribution in [0.4, 0.5) is 16.3 Å². The van der Waals surface area contributed by atoms with Gasteiger partial charge in [-0.15, -0.1) is 0 Å². The lowest BCUT2D eigenvalue weighted by atomic mass is 9.87. The first-order valence-electron chi connectivity index (χ1n) is 12.2. The molecular formula is C29H27N5O4S. The number of amides is 1. The Bertz CT molecular complexity index is 1730. The summed E-state index contributed by atoms with van der Waals surface area (Å²) in [5.74, 6) is 0.447. The number of H-pyrrole nitrogens is 1. The van der Waals surface area contributed by atoms with Crippen LogP contribution in [0.25, 0.3) is 22.0 Å². The van der Waals surface area contributed by atoms with Crippen molar-refractivity contribution < 1.29 is 17.9 Å². The zero-order valence-corrected chi connectivity index (χ0v) is 22.4. The largest absolute Gasteiger partial charge is 0.419 e. The minimum Gasteiger partial charge on any atom is -0.392 e. The molecule has 0 aliphatic carbocycles. The highest BCUT2D eigenvalue weighted by Crippen LogP contribution is 2.39.